The van der Waals surface area contributed by atoms with Gasteiger partial charge in [-0.3, -0.25) is 4.79 Å². The van der Waals surface area contributed by atoms with Gasteiger partial charge in [0.25, 0.3) is 0 Å². The Bertz CT molecular complexity index is 650. The van der Waals surface area contributed by atoms with E-state index in [2.05, 4.69) is 15.5 Å². The molecule has 1 N–H and O–H groups in total. The molecule has 2 fully saturated rings. The van der Waals surface area contributed by atoms with Crippen molar-refractivity contribution < 1.29 is 4.79 Å². The third kappa shape index (κ3) is 2.63. The third-order valence-corrected chi connectivity index (χ3v) is 5.13. The number of benzene rings is 1. The van der Waals surface area contributed by atoms with E-state index in [1.807, 2.05) is 24.3 Å². The molecule has 5 nitrogen and oxygen atoms in total. The van der Waals surface area contributed by atoms with Crippen LogP contribution in [0.1, 0.15) is 32.1 Å². The minimum absolute atomic E-state index is 0.141. The SMILES string of the molecule is O=C(C[C@H]1C[C@H]2CC[C@H]1C2)Nc1ccc(-n2nccn2)cc1. The summed E-state index contributed by atoms with van der Waals surface area (Å²) in [5.74, 6) is 2.43. The van der Waals surface area contributed by atoms with Gasteiger partial charge in [0.1, 0.15) is 0 Å². The maximum atomic E-state index is 12.2. The molecule has 1 amide bonds. The monoisotopic (exact) mass is 296 g/mol. The van der Waals surface area contributed by atoms with Crippen molar-refractivity contribution in [2.75, 3.05) is 5.32 Å². The number of nitrogens with one attached hydrogen (secondary N) is 1. The lowest BCUT2D eigenvalue weighted by molar-refractivity contribution is -0.117. The average Bonchev–Trinajstić information content (AvgIpc) is 3.25. The van der Waals surface area contributed by atoms with Gasteiger partial charge < -0.3 is 5.32 Å². The minimum Gasteiger partial charge on any atom is -0.326 e. The van der Waals surface area contributed by atoms with Gasteiger partial charge in [-0.2, -0.15) is 15.0 Å². The van der Waals surface area contributed by atoms with Gasteiger partial charge in [0.15, 0.2) is 0 Å². The van der Waals surface area contributed by atoms with E-state index in [-0.39, 0.29) is 5.91 Å². The number of fused-ring (bicyclic) bond motifs is 2. The number of hydrogen-bond acceptors (Lipinski definition) is 3. The molecule has 1 aromatic carbocycles. The van der Waals surface area contributed by atoms with E-state index in [9.17, 15) is 4.79 Å². The minimum atomic E-state index is 0.141. The first kappa shape index (κ1) is 13.5. The normalized spacial score (nSPS) is 26.3. The molecule has 2 aliphatic rings. The van der Waals surface area contributed by atoms with Gasteiger partial charge in [-0.15, -0.1) is 0 Å². The fraction of sp³-hybridized carbons (Fsp3) is 0.471. The Balaban J connectivity index is 1.35. The number of nitrogens with zero attached hydrogens (tertiary/aromatic N) is 3. The van der Waals surface area contributed by atoms with Gasteiger partial charge in [-0.25, -0.2) is 0 Å². The predicted octanol–water partition coefficient (Wildman–Crippen LogP) is 3.03. The Labute approximate surface area is 129 Å². The first-order valence-corrected chi connectivity index (χ1v) is 8.04. The van der Waals surface area contributed by atoms with Gasteiger partial charge in [0, 0.05) is 12.1 Å². The Kier molecular flexibility index (Phi) is 3.41. The third-order valence-electron chi connectivity index (χ3n) is 5.13. The fourth-order valence-electron chi connectivity index (χ4n) is 4.10. The smallest absolute Gasteiger partial charge is 0.224 e. The topological polar surface area (TPSA) is 59.8 Å². The zero-order valence-electron chi connectivity index (χ0n) is 12.5. The van der Waals surface area contributed by atoms with Crippen molar-refractivity contribution in [2.45, 2.75) is 32.1 Å². The molecule has 2 aromatic rings. The molecule has 0 aliphatic heterocycles. The molecule has 0 unspecified atom stereocenters. The molecular weight excluding hydrogens is 276 g/mol. The molecule has 0 spiro atoms. The Morgan fingerprint density at radius 1 is 1.14 bits per heavy atom. The maximum absolute atomic E-state index is 12.2. The highest BCUT2D eigenvalue weighted by molar-refractivity contribution is 5.91. The van der Waals surface area contributed by atoms with Crippen molar-refractivity contribution in [3.63, 3.8) is 0 Å². The van der Waals surface area contributed by atoms with Crippen LogP contribution in [-0.4, -0.2) is 20.9 Å². The average molecular weight is 296 g/mol. The van der Waals surface area contributed by atoms with E-state index < -0.39 is 0 Å². The number of carbonyl (C=O) groups is 1. The van der Waals surface area contributed by atoms with Crippen molar-refractivity contribution in [2.24, 2.45) is 17.8 Å². The Morgan fingerprint density at radius 3 is 2.55 bits per heavy atom. The highest BCUT2D eigenvalue weighted by atomic mass is 16.1. The van der Waals surface area contributed by atoms with Gasteiger partial charge in [0.05, 0.1) is 18.1 Å². The van der Waals surface area contributed by atoms with Crippen LogP contribution < -0.4 is 5.32 Å². The van der Waals surface area contributed by atoms with Crippen molar-refractivity contribution in [3.05, 3.63) is 36.7 Å². The van der Waals surface area contributed by atoms with Crippen molar-refractivity contribution >= 4 is 11.6 Å². The van der Waals surface area contributed by atoms with Gasteiger partial charge in [-0.1, -0.05) is 6.42 Å². The molecular formula is C17H20N4O. The molecule has 22 heavy (non-hydrogen) atoms. The second-order valence-corrected chi connectivity index (χ2v) is 6.55. The number of anilines is 1. The highest BCUT2D eigenvalue weighted by Crippen LogP contribution is 2.49. The van der Waals surface area contributed by atoms with E-state index >= 15 is 0 Å². The largest absolute Gasteiger partial charge is 0.326 e. The Morgan fingerprint density at radius 2 is 1.91 bits per heavy atom. The molecule has 2 saturated carbocycles. The van der Waals surface area contributed by atoms with E-state index in [1.165, 1.54) is 25.7 Å². The summed E-state index contributed by atoms with van der Waals surface area (Å²) in [6, 6.07) is 7.62. The predicted molar refractivity (Wildman–Crippen MR) is 83.5 cm³/mol. The number of amides is 1. The molecule has 1 aromatic heterocycles. The second kappa shape index (κ2) is 5.55. The molecule has 2 aliphatic carbocycles. The van der Waals surface area contributed by atoms with Crippen molar-refractivity contribution in [3.8, 4) is 5.69 Å². The summed E-state index contributed by atoms with van der Waals surface area (Å²) in [6.45, 7) is 0. The molecule has 114 valence electrons. The molecule has 2 bridgehead atoms. The lowest BCUT2D eigenvalue weighted by Gasteiger charge is -2.20. The van der Waals surface area contributed by atoms with Crippen LogP contribution in [0, 0.1) is 17.8 Å². The van der Waals surface area contributed by atoms with Crippen LogP contribution in [-0.2, 0) is 4.79 Å². The quantitative estimate of drug-likeness (QED) is 0.943. The molecule has 4 rings (SSSR count). The lowest BCUT2D eigenvalue weighted by Crippen LogP contribution is -2.20. The summed E-state index contributed by atoms with van der Waals surface area (Å²) in [4.78, 5) is 13.8. The van der Waals surface area contributed by atoms with Gasteiger partial charge in [0.2, 0.25) is 5.91 Å². The van der Waals surface area contributed by atoms with Crippen LogP contribution >= 0.6 is 0 Å². The number of carbonyl (C=O) groups excluding carboxylic acids is 1. The molecule has 3 atom stereocenters. The number of hydrogen-bond donors (Lipinski definition) is 1. The summed E-state index contributed by atoms with van der Waals surface area (Å²) in [7, 11) is 0. The van der Waals surface area contributed by atoms with Crippen LogP contribution in [0.15, 0.2) is 36.7 Å². The van der Waals surface area contributed by atoms with E-state index in [4.69, 9.17) is 0 Å². The van der Waals surface area contributed by atoms with E-state index in [0.29, 0.717) is 12.3 Å². The van der Waals surface area contributed by atoms with Crippen molar-refractivity contribution in [1.29, 1.82) is 0 Å². The van der Waals surface area contributed by atoms with Gasteiger partial charge in [-0.05, 0) is 61.3 Å². The maximum Gasteiger partial charge on any atom is 0.224 e. The van der Waals surface area contributed by atoms with E-state index in [0.717, 1.165) is 23.2 Å². The lowest BCUT2D eigenvalue weighted by atomic mass is 9.86. The first-order chi connectivity index (χ1) is 10.8. The fourth-order valence-corrected chi connectivity index (χ4v) is 4.10. The second-order valence-electron chi connectivity index (χ2n) is 6.55. The summed E-state index contributed by atoms with van der Waals surface area (Å²) >= 11 is 0. The molecule has 0 saturated heterocycles. The standard InChI is InChI=1S/C17H20N4O/c22-17(11-14-10-12-1-2-13(14)9-12)20-15-3-5-16(6-4-15)21-18-7-8-19-21/h3-8,12-14H,1-2,9-11H2,(H,20,22)/t12-,13-,14+/m0/s1. The van der Waals surface area contributed by atoms with Gasteiger partial charge >= 0.3 is 0 Å². The number of aromatic nitrogens is 3. The molecule has 5 heteroatoms. The van der Waals surface area contributed by atoms with Crippen LogP contribution in [0.4, 0.5) is 5.69 Å². The van der Waals surface area contributed by atoms with E-state index in [1.54, 1.807) is 17.2 Å². The first-order valence-electron chi connectivity index (χ1n) is 8.04. The summed E-state index contributed by atoms with van der Waals surface area (Å²) < 4.78 is 0. The summed E-state index contributed by atoms with van der Waals surface area (Å²) in [5, 5.41) is 11.2. The Hall–Kier alpha value is -2.17. The van der Waals surface area contributed by atoms with Crippen LogP contribution in [0.2, 0.25) is 0 Å². The summed E-state index contributed by atoms with van der Waals surface area (Å²) in [6.07, 6.45) is 9.27. The molecule has 0 radical (unpaired) electrons. The van der Waals surface area contributed by atoms with Crippen LogP contribution in [0.5, 0.6) is 0 Å². The van der Waals surface area contributed by atoms with Crippen LogP contribution in [0.25, 0.3) is 5.69 Å². The number of rotatable bonds is 4. The zero-order valence-corrected chi connectivity index (χ0v) is 12.5. The van der Waals surface area contributed by atoms with Crippen LogP contribution in [0.3, 0.4) is 0 Å². The molecule has 1 heterocycles. The summed E-state index contributed by atoms with van der Waals surface area (Å²) in [5.41, 5.74) is 1.72. The van der Waals surface area contributed by atoms with Crippen molar-refractivity contribution in [1.82, 2.24) is 15.0 Å². The zero-order chi connectivity index (χ0) is 14.9. The highest BCUT2D eigenvalue weighted by Gasteiger charge is 2.40.